The number of Topliss-reactive ketones (excluding diaryl/α,β-unsaturated/α-hetero) is 1. The minimum Gasteiger partial charge on any atom is -0.293 e. The molecule has 0 unspecified atom stereocenters. The van der Waals surface area contributed by atoms with Crippen molar-refractivity contribution in [3.8, 4) is 0 Å². The van der Waals surface area contributed by atoms with Crippen LogP contribution in [0.4, 0.5) is 0 Å². The first kappa shape index (κ1) is 13.8. The largest absolute Gasteiger partial charge is 0.293 e. The summed E-state index contributed by atoms with van der Waals surface area (Å²) < 4.78 is 0. The van der Waals surface area contributed by atoms with E-state index in [9.17, 15) is 4.79 Å². The average Bonchev–Trinajstić information content (AvgIpc) is 2.46. The van der Waals surface area contributed by atoms with Crippen molar-refractivity contribution in [1.29, 1.82) is 0 Å². The van der Waals surface area contributed by atoms with Crippen molar-refractivity contribution in [1.82, 2.24) is 4.98 Å². The van der Waals surface area contributed by atoms with Gasteiger partial charge in [-0.2, -0.15) is 0 Å². The Balaban J connectivity index is 1.96. The lowest BCUT2D eigenvalue weighted by Gasteiger charge is -2.06. The Morgan fingerprint density at radius 3 is 2.47 bits per heavy atom. The van der Waals surface area contributed by atoms with Crippen LogP contribution in [-0.2, 0) is 0 Å². The zero-order chi connectivity index (χ0) is 13.7. The van der Waals surface area contributed by atoms with Crippen LogP contribution < -0.4 is 0 Å². The Morgan fingerprint density at radius 1 is 1.16 bits per heavy atom. The van der Waals surface area contributed by atoms with Crippen molar-refractivity contribution in [3.05, 3.63) is 59.8 Å². The molecule has 0 spiro atoms. The molecule has 0 saturated carbocycles. The molecule has 98 valence electrons. The number of carbonyl (C=O) groups excluding carboxylic acids is 1. The zero-order valence-corrected chi connectivity index (χ0v) is 12.0. The normalized spacial score (nSPS) is 10.7. The maximum absolute atomic E-state index is 12.1. The lowest BCUT2D eigenvalue weighted by molar-refractivity contribution is 0.102. The first-order valence-corrected chi connectivity index (χ1v) is 7.32. The van der Waals surface area contributed by atoms with E-state index in [1.807, 2.05) is 42.5 Å². The van der Waals surface area contributed by atoms with E-state index in [4.69, 9.17) is 0 Å². The van der Waals surface area contributed by atoms with Crippen molar-refractivity contribution in [2.75, 3.05) is 5.75 Å². The number of ketones is 1. The molecule has 19 heavy (non-hydrogen) atoms. The molecule has 0 aliphatic heterocycles. The molecule has 1 aromatic carbocycles. The van der Waals surface area contributed by atoms with E-state index in [2.05, 4.69) is 18.8 Å². The van der Waals surface area contributed by atoms with Crippen LogP contribution in [0.25, 0.3) is 0 Å². The molecule has 0 aliphatic rings. The summed E-state index contributed by atoms with van der Waals surface area (Å²) in [6.45, 7) is 4.29. The maximum Gasteiger partial charge on any atom is 0.173 e. The first-order valence-electron chi connectivity index (χ1n) is 6.34. The topological polar surface area (TPSA) is 30.0 Å². The van der Waals surface area contributed by atoms with E-state index in [1.54, 1.807) is 6.20 Å². The average molecular weight is 271 g/mol. The lowest BCUT2D eigenvalue weighted by Crippen LogP contribution is -2.02. The van der Waals surface area contributed by atoms with Gasteiger partial charge in [0.1, 0.15) is 0 Å². The van der Waals surface area contributed by atoms with Gasteiger partial charge in [0, 0.05) is 11.8 Å². The van der Waals surface area contributed by atoms with Crippen LogP contribution in [-0.4, -0.2) is 16.5 Å². The molecule has 0 bridgehead atoms. The van der Waals surface area contributed by atoms with Crippen LogP contribution in [0.15, 0.2) is 53.7 Å². The van der Waals surface area contributed by atoms with Gasteiger partial charge in [0.15, 0.2) is 5.78 Å². The molecule has 0 N–H and O–H groups in total. The van der Waals surface area contributed by atoms with Crippen molar-refractivity contribution in [2.45, 2.75) is 24.8 Å². The number of aromatic nitrogens is 1. The van der Waals surface area contributed by atoms with Crippen LogP contribution in [0, 0.1) is 0 Å². The number of benzene rings is 1. The number of thioether (sulfide) groups is 1. The Bertz CT molecular complexity index is 534. The fourth-order valence-electron chi connectivity index (χ4n) is 1.71. The highest BCUT2D eigenvalue weighted by atomic mass is 32.2. The van der Waals surface area contributed by atoms with Crippen LogP contribution in [0.1, 0.15) is 35.7 Å². The molecule has 2 aromatic rings. The molecule has 0 fully saturated rings. The Morgan fingerprint density at radius 2 is 1.89 bits per heavy atom. The maximum atomic E-state index is 12.1. The van der Waals surface area contributed by atoms with Gasteiger partial charge >= 0.3 is 0 Å². The molecule has 3 heteroatoms. The highest BCUT2D eigenvalue weighted by molar-refractivity contribution is 7.99. The third kappa shape index (κ3) is 3.93. The monoisotopic (exact) mass is 271 g/mol. The molecule has 0 atom stereocenters. The fourth-order valence-corrected chi connectivity index (χ4v) is 2.47. The van der Waals surface area contributed by atoms with Crippen molar-refractivity contribution in [3.63, 3.8) is 0 Å². The van der Waals surface area contributed by atoms with Crippen LogP contribution >= 0.6 is 11.8 Å². The summed E-state index contributed by atoms with van der Waals surface area (Å²) in [7, 11) is 0. The first-order chi connectivity index (χ1) is 9.16. The predicted octanol–water partition coefficient (Wildman–Crippen LogP) is 4.18. The third-order valence-corrected chi connectivity index (χ3v) is 3.83. The molecule has 2 nitrogen and oxygen atoms in total. The summed E-state index contributed by atoms with van der Waals surface area (Å²) in [6.07, 6.45) is 1.74. The van der Waals surface area contributed by atoms with E-state index in [0.717, 1.165) is 10.6 Å². The van der Waals surface area contributed by atoms with E-state index in [0.29, 0.717) is 11.7 Å². The molecule has 1 aromatic heterocycles. The SMILES string of the molecule is CC(C)c1ccc(C(=O)CSc2ccccn2)cc1. The van der Waals surface area contributed by atoms with Crippen LogP contribution in [0.2, 0.25) is 0 Å². The van der Waals surface area contributed by atoms with Gasteiger partial charge in [0.2, 0.25) is 0 Å². The lowest BCUT2D eigenvalue weighted by atomic mass is 10.0. The Hall–Kier alpha value is -1.61. The third-order valence-electron chi connectivity index (χ3n) is 2.89. The Labute approximate surface area is 118 Å². The molecular formula is C16H17NOS. The quantitative estimate of drug-likeness (QED) is 0.603. The van der Waals surface area contributed by atoms with Gasteiger partial charge in [0.25, 0.3) is 0 Å². The molecule has 2 rings (SSSR count). The smallest absolute Gasteiger partial charge is 0.173 e. The number of rotatable bonds is 5. The van der Waals surface area contributed by atoms with Crippen molar-refractivity contribution >= 4 is 17.5 Å². The van der Waals surface area contributed by atoms with Gasteiger partial charge in [0.05, 0.1) is 10.8 Å². The second kappa shape index (κ2) is 6.53. The summed E-state index contributed by atoms with van der Waals surface area (Å²) in [5.74, 6) is 1.07. The minimum atomic E-state index is 0.144. The number of hydrogen-bond donors (Lipinski definition) is 0. The fraction of sp³-hybridized carbons (Fsp3) is 0.250. The molecule has 0 saturated heterocycles. The van der Waals surface area contributed by atoms with Crippen molar-refractivity contribution < 1.29 is 4.79 Å². The van der Waals surface area contributed by atoms with Crippen LogP contribution in [0.5, 0.6) is 0 Å². The predicted molar refractivity (Wildman–Crippen MR) is 79.8 cm³/mol. The van der Waals surface area contributed by atoms with Gasteiger partial charge < -0.3 is 0 Å². The molecule has 0 aliphatic carbocycles. The molecule has 0 amide bonds. The number of carbonyl (C=O) groups is 1. The molecule has 1 heterocycles. The van der Waals surface area contributed by atoms with Gasteiger partial charge in [-0.1, -0.05) is 55.9 Å². The summed E-state index contributed by atoms with van der Waals surface area (Å²) in [4.78, 5) is 16.2. The molecular weight excluding hydrogens is 254 g/mol. The molecule has 0 radical (unpaired) electrons. The second-order valence-corrected chi connectivity index (χ2v) is 5.65. The number of pyridine rings is 1. The highest BCUT2D eigenvalue weighted by Crippen LogP contribution is 2.18. The number of hydrogen-bond acceptors (Lipinski definition) is 3. The van der Waals surface area contributed by atoms with Gasteiger partial charge in [-0.15, -0.1) is 0 Å². The zero-order valence-electron chi connectivity index (χ0n) is 11.2. The summed E-state index contributed by atoms with van der Waals surface area (Å²) >= 11 is 1.47. The summed E-state index contributed by atoms with van der Waals surface area (Å²) in [6, 6.07) is 13.6. The van der Waals surface area contributed by atoms with E-state index in [1.165, 1.54) is 17.3 Å². The van der Waals surface area contributed by atoms with Gasteiger partial charge in [-0.05, 0) is 23.6 Å². The summed E-state index contributed by atoms with van der Waals surface area (Å²) in [5.41, 5.74) is 2.03. The standard InChI is InChI=1S/C16H17NOS/c1-12(2)13-6-8-14(9-7-13)15(18)11-19-16-5-3-4-10-17-16/h3-10,12H,11H2,1-2H3. The Kier molecular flexibility index (Phi) is 4.74. The minimum absolute atomic E-state index is 0.144. The summed E-state index contributed by atoms with van der Waals surface area (Å²) in [5, 5.41) is 0.884. The van der Waals surface area contributed by atoms with Crippen LogP contribution in [0.3, 0.4) is 0 Å². The van der Waals surface area contributed by atoms with E-state index < -0.39 is 0 Å². The van der Waals surface area contributed by atoms with E-state index >= 15 is 0 Å². The van der Waals surface area contributed by atoms with Gasteiger partial charge in [-0.3, -0.25) is 4.79 Å². The highest BCUT2D eigenvalue weighted by Gasteiger charge is 2.07. The van der Waals surface area contributed by atoms with Crippen molar-refractivity contribution in [2.24, 2.45) is 0 Å². The van der Waals surface area contributed by atoms with E-state index in [-0.39, 0.29) is 5.78 Å². The second-order valence-electron chi connectivity index (χ2n) is 4.66. The van der Waals surface area contributed by atoms with Gasteiger partial charge in [-0.25, -0.2) is 4.98 Å². The number of nitrogens with zero attached hydrogens (tertiary/aromatic N) is 1.